The summed E-state index contributed by atoms with van der Waals surface area (Å²) >= 11 is 0. The Kier molecular flexibility index (Phi) is 4.94. The van der Waals surface area contributed by atoms with Gasteiger partial charge in [-0.15, -0.1) is 0 Å². The summed E-state index contributed by atoms with van der Waals surface area (Å²) in [6.45, 7) is 4.85. The van der Waals surface area contributed by atoms with Crippen LogP contribution in [0.25, 0.3) is 18.0 Å². The summed E-state index contributed by atoms with van der Waals surface area (Å²) in [4.78, 5) is 13.6. The summed E-state index contributed by atoms with van der Waals surface area (Å²) in [5, 5.41) is 4.66. The average molecular weight is 414 g/mol. The topological polar surface area (TPSA) is 61.4 Å². The van der Waals surface area contributed by atoms with E-state index in [-0.39, 0.29) is 11.7 Å². The number of benzene rings is 1. The molecule has 6 nitrogen and oxygen atoms in total. The van der Waals surface area contributed by atoms with Gasteiger partial charge < -0.3 is 0 Å². The maximum absolute atomic E-state index is 13.3. The minimum atomic E-state index is -0.220. The lowest BCUT2D eigenvalue weighted by atomic mass is 9.91. The number of nitrogens with zero attached hydrogens (tertiary/aromatic N) is 6. The van der Waals surface area contributed by atoms with Crippen molar-refractivity contribution in [3.8, 4) is 5.82 Å². The van der Waals surface area contributed by atoms with Crippen molar-refractivity contribution in [3.05, 3.63) is 88.9 Å². The van der Waals surface area contributed by atoms with E-state index in [4.69, 9.17) is 4.98 Å². The third-order valence-electron chi connectivity index (χ3n) is 5.62. The summed E-state index contributed by atoms with van der Waals surface area (Å²) in [6, 6.07) is 8.80. The number of aryl methyl sites for hydroxylation is 3. The second kappa shape index (κ2) is 7.91. The Hall–Kier alpha value is -3.61. The molecule has 0 saturated heterocycles. The fourth-order valence-corrected chi connectivity index (χ4v) is 4.11. The minimum absolute atomic E-state index is 0.144. The van der Waals surface area contributed by atoms with E-state index in [9.17, 15) is 4.39 Å². The van der Waals surface area contributed by atoms with Crippen LogP contribution in [-0.4, -0.2) is 29.3 Å². The van der Waals surface area contributed by atoms with E-state index in [1.807, 2.05) is 59.8 Å². The van der Waals surface area contributed by atoms with Crippen molar-refractivity contribution in [2.24, 2.45) is 0 Å². The van der Waals surface area contributed by atoms with Gasteiger partial charge in [0, 0.05) is 24.9 Å². The molecule has 0 aliphatic carbocycles. The van der Waals surface area contributed by atoms with Gasteiger partial charge in [-0.1, -0.05) is 12.1 Å². The second-order valence-electron chi connectivity index (χ2n) is 7.96. The van der Waals surface area contributed by atoms with Crippen LogP contribution in [0, 0.1) is 19.7 Å². The Balaban J connectivity index is 1.38. The largest absolute Gasteiger partial charge is 0.290 e. The van der Waals surface area contributed by atoms with Crippen molar-refractivity contribution in [2.75, 3.05) is 0 Å². The van der Waals surface area contributed by atoms with Gasteiger partial charge in [0.1, 0.15) is 23.8 Å². The first-order chi connectivity index (χ1) is 15.1. The summed E-state index contributed by atoms with van der Waals surface area (Å²) in [7, 11) is 0. The predicted octanol–water partition coefficient (Wildman–Crippen LogP) is 4.71. The van der Waals surface area contributed by atoms with Crippen LogP contribution in [0.2, 0.25) is 0 Å². The Bertz CT molecular complexity index is 1250. The molecular formula is C24H23FN6. The van der Waals surface area contributed by atoms with Crippen molar-refractivity contribution >= 4 is 12.2 Å². The fourth-order valence-electron chi connectivity index (χ4n) is 4.11. The van der Waals surface area contributed by atoms with Crippen LogP contribution in [0.15, 0.2) is 49.1 Å². The fraction of sp³-hybridized carbons (Fsp3) is 0.250. The molecule has 7 heteroatoms. The third kappa shape index (κ3) is 3.91. The highest BCUT2D eigenvalue weighted by atomic mass is 19.1. The summed E-state index contributed by atoms with van der Waals surface area (Å²) < 4.78 is 17.2. The van der Waals surface area contributed by atoms with Crippen LogP contribution in [0.1, 0.15) is 52.8 Å². The van der Waals surface area contributed by atoms with E-state index in [2.05, 4.69) is 21.1 Å². The molecule has 1 atom stereocenters. The molecule has 156 valence electrons. The SMILES string of the molecule is Cc1cn(-c2ncc(/C=C/c3nc4n(n3)CCC[C@@H]4c3ccc(F)cc3)cc2C)cn1. The Morgan fingerprint density at radius 2 is 1.94 bits per heavy atom. The molecular weight excluding hydrogens is 391 g/mol. The van der Waals surface area contributed by atoms with E-state index in [1.165, 1.54) is 12.1 Å². The smallest absolute Gasteiger partial charge is 0.174 e. The molecule has 0 radical (unpaired) electrons. The monoisotopic (exact) mass is 414 g/mol. The zero-order chi connectivity index (χ0) is 21.4. The first-order valence-corrected chi connectivity index (χ1v) is 10.4. The quantitative estimate of drug-likeness (QED) is 0.485. The lowest BCUT2D eigenvalue weighted by Crippen LogP contribution is -2.17. The predicted molar refractivity (Wildman–Crippen MR) is 117 cm³/mol. The normalized spacial score (nSPS) is 16.0. The van der Waals surface area contributed by atoms with Gasteiger partial charge in [0.05, 0.1) is 5.69 Å². The van der Waals surface area contributed by atoms with Gasteiger partial charge in [0.25, 0.3) is 0 Å². The third-order valence-corrected chi connectivity index (χ3v) is 5.62. The van der Waals surface area contributed by atoms with Gasteiger partial charge >= 0.3 is 0 Å². The highest BCUT2D eigenvalue weighted by molar-refractivity contribution is 5.67. The highest BCUT2D eigenvalue weighted by Crippen LogP contribution is 2.32. The second-order valence-corrected chi connectivity index (χ2v) is 7.96. The molecule has 0 N–H and O–H groups in total. The van der Waals surface area contributed by atoms with Gasteiger partial charge in [-0.3, -0.25) is 4.57 Å². The molecule has 0 fully saturated rings. The maximum atomic E-state index is 13.3. The number of imidazole rings is 1. The molecule has 4 heterocycles. The minimum Gasteiger partial charge on any atom is -0.290 e. The molecule has 0 bridgehead atoms. The van der Waals surface area contributed by atoms with Gasteiger partial charge in [-0.25, -0.2) is 24.0 Å². The van der Waals surface area contributed by atoms with Crippen molar-refractivity contribution in [1.29, 1.82) is 0 Å². The van der Waals surface area contributed by atoms with Crippen LogP contribution in [0.3, 0.4) is 0 Å². The number of rotatable bonds is 4. The Labute approximate surface area is 180 Å². The van der Waals surface area contributed by atoms with Crippen LogP contribution in [0.4, 0.5) is 4.39 Å². The van der Waals surface area contributed by atoms with Crippen LogP contribution in [-0.2, 0) is 6.54 Å². The molecule has 0 spiro atoms. The molecule has 31 heavy (non-hydrogen) atoms. The summed E-state index contributed by atoms with van der Waals surface area (Å²) in [6.07, 6.45) is 11.5. The maximum Gasteiger partial charge on any atom is 0.174 e. The molecule has 0 amide bonds. The number of hydrogen-bond donors (Lipinski definition) is 0. The lowest BCUT2D eigenvalue weighted by Gasteiger charge is -2.22. The Morgan fingerprint density at radius 1 is 1.10 bits per heavy atom. The highest BCUT2D eigenvalue weighted by Gasteiger charge is 2.25. The first-order valence-electron chi connectivity index (χ1n) is 10.4. The van der Waals surface area contributed by atoms with Crippen molar-refractivity contribution in [1.82, 2.24) is 29.3 Å². The molecule has 1 aliphatic rings. The number of fused-ring (bicyclic) bond motifs is 1. The van der Waals surface area contributed by atoms with E-state index in [0.717, 1.165) is 53.4 Å². The molecule has 5 rings (SSSR count). The molecule has 4 aromatic rings. The van der Waals surface area contributed by atoms with Gasteiger partial charge in [0.2, 0.25) is 0 Å². The summed E-state index contributed by atoms with van der Waals surface area (Å²) in [5.74, 6) is 2.41. The average Bonchev–Trinajstić information content (AvgIpc) is 3.38. The van der Waals surface area contributed by atoms with Crippen LogP contribution >= 0.6 is 0 Å². The molecule has 0 unspecified atom stereocenters. The Morgan fingerprint density at radius 3 is 2.68 bits per heavy atom. The summed E-state index contributed by atoms with van der Waals surface area (Å²) in [5.41, 5.74) is 4.09. The zero-order valence-electron chi connectivity index (χ0n) is 17.5. The van der Waals surface area contributed by atoms with Crippen molar-refractivity contribution in [2.45, 2.75) is 39.2 Å². The standard InChI is InChI=1S/C24H23FN6/c1-16-12-18(13-26-23(16)30-14-17(2)27-15-30)5-10-22-28-24-21(4-3-11-31(24)29-22)19-6-8-20(25)9-7-19/h5-10,12-15,21H,3-4,11H2,1-2H3/b10-5+/t21-/m1/s1. The molecule has 0 saturated carbocycles. The van der Waals surface area contributed by atoms with E-state index < -0.39 is 0 Å². The number of aromatic nitrogens is 6. The van der Waals surface area contributed by atoms with Crippen LogP contribution in [0.5, 0.6) is 0 Å². The number of halogens is 1. The van der Waals surface area contributed by atoms with Crippen LogP contribution < -0.4 is 0 Å². The van der Waals surface area contributed by atoms with Crippen molar-refractivity contribution < 1.29 is 4.39 Å². The van der Waals surface area contributed by atoms with E-state index in [1.54, 1.807) is 6.33 Å². The zero-order valence-corrected chi connectivity index (χ0v) is 17.5. The lowest BCUT2D eigenvalue weighted by molar-refractivity contribution is 0.445. The number of pyridine rings is 1. The number of hydrogen-bond acceptors (Lipinski definition) is 4. The molecule has 3 aromatic heterocycles. The van der Waals surface area contributed by atoms with Gasteiger partial charge in [-0.05, 0) is 73.7 Å². The van der Waals surface area contributed by atoms with Gasteiger partial charge in [-0.2, -0.15) is 5.10 Å². The van der Waals surface area contributed by atoms with Crippen molar-refractivity contribution in [3.63, 3.8) is 0 Å². The molecule has 1 aromatic carbocycles. The first kappa shape index (κ1) is 19.4. The van der Waals surface area contributed by atoms with Gasteiger partial charge in [0.15, 0.2) is 5.82 Å². The van der Waals surface area contributed by atoms with E-state index >= 15 is 0 Å². The molecule has 1 aliphatic heterocycles. The van der Waals surface area contributed by atoms with E-state index in [0.29, 0.717) is 5.82 Å².